The Bertz CT molecular complexity index is 1790. The number of benzene rings is 1. The predicted molar refractivity (Wildman–Crippen MR) is 143 cm³/mol. The maximum atomic E-state index is 13.1. The number of alkyl halides is 3. The highest BCUT2D eigenvalue weighted by atomic mass is 35.5. The molecule has 2 N–H and O–H groups in total. The zero-order chi connectivity index (χ0) is 30.2. The molecule has 0 spiro atoms. The number of hydrogen-bond donors (Lipinski definition) is 2. The lowest BCUT2D eigenvalue weighted by Crippen LogP contribution is -2.37. The predicted octanol–water partition coefficient (Wildman–Crippen LogP) is 2.61. The molecule has 0 aliphatic carbocycles. The largest absolute Gasteiger partial charge is 0.416 e. The van der Waals surface area contributed by atoms with Gasteiger partial charge in [-0.15, -0.1) is 10.2 Å². The van der Waals surface area contributed by atoms with Gasteiger partial charge in [-0.05, 0) is 49.4 Å². The van der Waals surface area contributed by atoms with E-state index in [1.807, 2.05) is 0 Å². The highest BCUT2D eigenvalue weighted by molar-refractivity contribution is 6.30. The molecule has 0 bridgehead atoms. The van der Waals surface area contributed by atoms with Gasteiger partial charge in [0.25, 0.3) is 5.91 Å². The van der Waals surface area contributed by atoms with Crippen LogP contribution in [0.15, 0.2) is 59.8 Å². The van der Waals surface area contributed by atoms with Gasteiger partial charge < -0.3 is 10.4 Å². The van der Waals surface area contributed by atoms with Gasteiger partial charge in [0.2, 0.25) is 0 Å². The van der Waals surface area contributed by atoms with Crippen molar-refractivity contribution in [2.45, 2.75) is 32.3 Å². The van der Waals surface area contributed by atoms with Gasteiger partial charge in [0, 0.05) is 29.5 Å². The molecule has 42 heavy (non-hydrogen) atoms. The number of aromatic nitrogens is 9. The first-order valence-electron chi connectivity index (χ1n) is 12.3. The number of amides is 1. The van der Waals surface area contributed by atoms with Crippen LogP contribution in [0.1, 0.15) is 22.0 Å². The Morgan fingerprint density at radius 2 is 1.86 bits per heavy atom. The number of halogens is 4. The van der Waals surface area contributed by atoms with Crippen LogP contribution in [0, 0.1) is 6.92 Å². The summed E-state index contributed by atoms with van der Waals surface area (Å²) in [4.78, 5) is 34.3. The van der Waals surface area contributed by atoms with Gasteiger partial charge in [0.15, 0.2) is 29.3 Å². The minimum absolute atomic E-state index is 0.0854. The first kappa shape index (κ1) is 28.7. The summed E-state index contributed by atoms with van der Waals surface area (Å²) >= 11 is 5.92. The zero-order valence-electron chi connectivity index (χ0n) is 22.0. The summed E-state index contributed by atoms with van der Waals surface area (Å²) in [5, 5.41) is 25.4. The van der Waals surface area contributed by atoms with E-state index in [1.165, 1.54) is 41.5 Å². The molecule has 0 aliphatic heterocycles. The lowest BCUT2D eigenvalue weighted by molar-refractivity contribution is -0.207. The fraction of sp³-hybridized carbons (Fsp3) is 0.240. The standard InChI is InChI=1S/C25H22ClF3N10O3/c1-14-10-17(33-36(14)2)23(41)32-21-18(4-3-9-30-21)39-13-31-20(34-39)12-38-24(42)37(11-19(40)25(27,28)29)22(35-38)15-5-7-16(26)8-6-15/h3-10,13,19,40H,11-12H2,1-2H3,(H,30,32,41)/t19-/m0/s1. The molecule has 0 saturated heterocycles. The van der Waals surface area contributed by atoms with Crippen LogP contribution in [0.25, 0.3) is 17.1 Å². The number of aryl methyl sites for hydroxylation is 2. The quantitative estimate of drug-likeness (QED) is 0.275. The lowest BCUT2D eigenvalue weighted by Gasteiger charge is -2.15. The van der Waals surface area contributed by atoms with E-state index in [0.29, 0.717) is 16.3 Å². The van der Waals surface area contributed by atoms with E-state index >= 15 is 0 Å². The van der Waals surface area contributed by atoms with Crippen molar-refractivity contribution in [3.8, 4) is 17.1 Å². The van der Waals surface area contributed by atoms with E-state index in [9.17, 15) is 27.9 Å². The molecule has 4 aromatic heterocycles. The Hall–Kier alpha value is -4.83. The number of nitrogens with one attached hydrogen (secondary N) is 1. The third-order valence-electron chi connectivity index (χ3n) is 6.20. The second kappa shape index (κ2) is 11.2. The molecule has 218 valence electrons. The maximum Gasteiger partial charge on any atom is 0.416 e. The van der Waals surface area contributed by atoms with Crippen molar-refractivity contribution in [3.63, 3.8) is 0 Å². The number of aliphatic hydroxyl groups excluding tert-OH is 1. The van der Waals surface area contributed by atoms with E-state index < -0.39 is 30.4 Å². The third-order valence-corrected chi connectivity index (χ3v) is 6.45. The minimum atomic E-state index is -4.95. The van der Waals surface area contributed by atoms with Crippen molar-refractivity contribution in [1.82, 2.24) is 43.9 Å². The Labute approximate surface area is 239 Å². The number of nitrogens with zero attached hydrogens (tertiary/aromatic N) is 9. The van der Waals surface area contributed by atoms with E-state index in [0.717, 1.165) is 14.9 Å². The van der Waals surface area contributed by atoms with Gasteiger partial charge in [-0.1, -0.05) is 11.6 Å². The molecular formula is C25H22ClF3N10O3. The van der Waals surface area contributed by atoms with Crippen LogP contribution in [0.5, 0.6) is 0 Å². The second-order valence-corrected chi connectivity index (χ2v) is 9.60. The normalized spacial score (nSPS) is 12.5. The molecule has 1 amide bonds. The average molecular weight is 603 g/mol. The minimum Gasteiger partial charge on any atom is -0.382 e. The van der Waals surface area contributed by atoms with Crippen LogP contribution in [0.3, 0.4) is 0 Å². The SMILES string of the molecule is Cc1cc(C(=O)Nc2ncccc2-n2cnc(Cn3nc(-c4ccc(Cl)cc4)n(C[C@H](O)C(F)(F)F)c3=O)n2)nn1C. The fourth-order valence-corrected chi connectivity index (χ4v) is 4.06. The lowest BCUT2D eigenvalue weighted by atomic mass is 10.2. The van der Waals surface area contributed by atoms with Gasteiger partial charge >= 0.3 is 11.9 Å². The molecule has 1 aromatic carbocycles. The highest BCUT2D eigenvalue weighted by Crippen LogP contribution is 2.24. The highest BCUT2D eigenvalue weighted by Gasteiger charge is 2.39. The summed E-state index contributed by atoms with van der Waals surface area (Å²) in [6, 6.07) is 10.8. The molecule has 4 heterocycles. The number of pyridine rings is 1. The van der Waals surface area contributed by atoms with E-state index in [4.69, 9.17) is 11.6 Å². The van der Waals surface area contributed by atoms with Crippen molar-refractivity contribution < 1.29 is 23.1 Å². The Balaban J connectivity index is 1.43. The summed E-state index contributed by atoms with van der Waals surface area (Å²) in [7, 11) is 1.71. The monoisotopic (exact) mass is 602 g/mol. The number of rotatable bonds is 8. The van der Waals surface area contributed by atoms with Gasteiger partial charge in [-0.2, -0.15) is 18.3 Å². The Morgan fingerprint density at radius 1 is 1.12 bits per heavy atom. The Morgan fingerprint density at radius 3 is 2.52 bits per heavy atom. The van der Waals surface area contributed by atoms with Crippen LogP contribution in [-0.4, -0.2) is 67.2 Å². The molecule has 0 radical (unpaired) electrons. The number of anilines is 1. The van der Waals surface area contributed by atoms with Crippen molar-refractivity contribution in [1.29, 1.82) is 0 Å². The average Bonchev–Trinajstić information content (AvgIpc) is 3.63. The molecule has 0 unspecified atom stereocenters. The van der Waals surface area contributed by atoms with E-state index in [2.05, 4.69) is 30.6 Å². The van der Waals surface area contributed by atoms with Gasteiger partial charge in [0.1, 0.15) is 18.6 Å². The smallest absolute Gasteiger partial charge is 0.382 e. The fourth-order valence-electron chi connectivity index (χ4n) is 3.94. The van der Waals surface area contributed by atoms with E-state index in [-0.39, 0.29) is 29.7 Å². The maximum absolute atomic E-state index is 13.1. The zero-order valence-corrected chi connectivity index (χ0v) is 22.7. The van der Waals surface area contributed by atoms with Crippen LogP contribution in [0.2, 0.25) is 5.02 Å². The molecule has 17 heteroatoms. The molecule has 5 rings (SSSR count). The molecule has 0 fully saturated rings. The second-order valence-electron chi connectivity index (χ2n) is 9.16. The van der Waals surface area contributed by atoms with E-state index in [1.54, 1.807) is 36.9 Å². The van der Waals surface area contributed by atoms with Crippen LogP contribution in [0.4, 0.5) is 19.0 Å². The molecular weight excluding hydrogens is 581 g/mol. The van der Waals surface area contributed by atoms with Gasteiger partial charge in [0.05, 0.1) is 6.54 Å². The van der Waals surface area contributed by atoms with Crippen LogP contribution in [-0.2, 0) is 20.1 Å². The molecule has 13 nitrogen and oxygen atoms in total. The Kier molecular flexibility index (Phi) is 7.66. The molecule has 0 aliphatic rings. The number of carbonyl (C=O) groups excluding carboxylic acids is 1. The summed E-state index contributed by atoms with van der Waals surface area (Å²) < 4.78 is 43.9. The topological polar surface area (TPSA) is 151 Å². The van der Waals surface area contributed by atoms with Crippen LogP contribution >= 0.6 is 11.6 Å². The van der Waals surface area contributed by atoms with Crippen molar-refractivity contribution in [2.75, 3.05) is 5.32 Å². The van der Waals surface area contributed by atoms with Crippen molar-refractivity contribution in [2.24, 2.45) is 7.05 Å². The molecule has 5 aromatic rings. The first-order chi connectivity index (χ1) is 19.9. The summed E-state index contributed by atoms with van der Waals surface area (Å²) in [5.74, 6) is -0.356. The van der Waals surface area contributed by atoms with Gasteiger partial charge in [-0.3, -0.25) is 14.0 Å². The number of hydrogen-bond acceptors (Lipinski definition) is 8. The van der Waals surface area contributed by atoms with Gasteiger partial charge in [-0.25, -0.2) is 24.1 Å². The number of carbonyl (C=O) groups is 1. The molecule has 1 atom stereocenters. The van der Waals surface area contributed by atoms with Crippen molar-refractivity contribution in [3.05, 3.63) is 87.7 Å². The van der Waals surface area contributed by atoms with Crippen LogP contribution < -0.4 is 11.0 Å². The van der Waals surface area contributed by atoms with Crippen molar-refractivity contribution >= 4 is 23.3 Å². The number of aliphatic hydroxyl groups is 1. The summed E-state index contributed by atoms with van der Waals surface area (Å²) in [6.45, 7) is 0.422. The summed E-state index contributed by atoms with van der Waals surface area (Å²) in [6.07, 6.45) is -4.96. The summed E-state index contributed by atoms with van der Waals surface area (Å²) in [5.41, 5.74) is 0.715. The third kappa shape index (κ3) is 5.94. The first-order valence-corrected chi connectivity index (χ1v) is 12.6. The molecule has 0 saturated carbocycles.